The fraction of sp³-hybridized carbons (Fsp3) is 0.0833. The first-order chi connectivity index (χ1) is 16.7. The van der Waals surface area contributed by atoms with E-state index in [1.54, 1.807) is 47.6 Å². The third-order valence-corrected chi connectivity index (χ3v) is 5.31. The molecule has 0 atom stereocenters. The van der Waals surface area contributed by atoms with Crippen molar-refractivity contribution in [3.05, 3.63) is 102 Å². The van der Waals surface area contributed by atoms with E-state index in [-0.39, 0.29) is 11.8 Å². The van der Waals surface area contributed by atoms with Crippen LogP contribution in [0, 0.1) is 0 Å². The maximum Gasteiger partial charge on any atom is 0.253 e. The first-order valence-electron chi connectivity index (χ1n) is 10.5. The van der Waals surface area contributed by atoms with Gasteiger partial charge in [0.05, 0.1) is 5.56 Å². The first kappa shape index (κ1) is 21.0. The lowest BCUT2D eigenvalue weighted by molar-refractivity contribution is 0.0943. The van der Waals surface area contributed by atoms with E-state index in [1.165, 1.54) is 0 Å². The molecule has 168 valence electrons. The summed E-state index contributed by atoms with van der Waals surface area (Å²) in [5, 5.41) is 20.9. The van der Waals surface area contributed by atoms with Crippen LogP contribution in [0.25, 0.3) is 16.7 Å². The molecule has 0 unspecified atom stereocenters. The number of nitrogens with zero attached hydrogens (tertiary/aromatic N) is 5. The molecule has 2 N–H and O–H groups in total. The SMILES string of the molecule is O=C(NCc1ccc(CNC(=O)c2cccc3nonc23)cc1)c1ccc(-n2cnnc2)cc1. The van der Waals surface area contributed by atoms with E-state index in [4.69, 9.17) is 4.63 Å². The zero-order valence-corrected chi connectivity index (χ0v) is 17.9. The van der Waals surface area contributed by atoms with Gasteiger partial charge in [-0.05, 0) is 57.8 Å². The Morgan fingerprint density at radius 2 is 1.41 bits per heavy atom. The number of carbonyl (C=O) groups excluding carboxylic acids is 2. The number of aromatic nitrogens is 5. The van der Waals surface area contributed by atoms with Crippen molar-refractivity contribution < 1.29 is 14.2 Å². The van der Waals surface area contributed by atoms with E-state index in [1.807, 2.05) is 36.4 Å². The molecule has 0 aliphatic carbocycles. The fourth-order valence-corrected chi connectivity index (χ4v) is 3.45. The second kappa shape index (κ2) is 9.33. The Bertz CT molecular complexity index is 1430. The molecule has 3 aromatic carbocycles. The highest BCUT2D eigenvalue weighted by molar-refractivity contribution is 6.04. The summed E-state index contributed by atoms with van der Waals surface area (Å²) in [6.45, 7) is 0.742. The van der Waals surface area contributed by atoms with Crippen molar-refractivity contribution in [3.63, 3.8) is 0 Å². The van der Waals surface area contributed by atoms with Crippen LogP contribution in [0.5, 0.6) is 0 Å². The third-order valence-electron chi connectivity index (χ3n) is 5.31. The average Bonchev–Trinajstić information content (AvgIpc) is 3.59. The van der Waals surface area contributed by atoms with Gasteiger partial charge in [0.15, 0.2) is 0 Å². The normalized spacial score (nSPS) is 10.8. The standard InChI is InChI=1S/C24H19N7O3/c32-23(18-8-10-19(11-9-18)31-14-27-28-15-31)25-12-16-4-6-17(7-5-16)13-26-24(33)20-2-1-3-21-22(20)30-34-29-21/h1-11,14-15H,12-13H2,(H,25,32)(H,26,33). The van der Waals surface area contributed by atoms with Crippen LogP contribution in [-0.2, 0) is 13.1 Å². The number of hydrogen-bond donors (Lipinski definition) is 2. The van der Waals surface area contributed by atoms with Crippen LogP contribution in [0.15, 0.2) is 84.0 Å². The van der Waals surface area contributed by atoms with Gasteiger partial charge in [-0.3, -0.25) is 14.2 Å². The van der Waals surface area contributed by atoms with Crippen molar-refractivity contribution in [2.24, 2.45) is 0 Å². The molecule has 0 spiro atoms. The number of fused-ring (bicyclic) bond motifs is 1. The molecule has 0 bridgehead atoms. The van der Waals surface area contributed by atoms with Crippen LogP contribution in [-0.4, -0.2) is 36.9 Å². The van der Waals surface area contributed by atoms with Gasteiger partial charge in [-0.25, -0.2) is 4.63 Å². The Labute approximate surface area is 193 Å². The number of rotatable bonds is 7. The second-order valence-corrected chi connectivity index (χ2v) is 7.54. The lowest BCUT2D eigenvalue weighted by Crippen LogP contribution is -2.23. The van der Waals surface area contributed by atoms with Crippen molar-refractivity contribution >= 4 is 22.8 Å². The quantitative estimate of drug-likeness (QED) is 0.388. The van der Waals surface area contributed by atoms with Gasteiger partial charge in [0.1, 0.15) is 23.7 Å². The first-order valence-corrected chi connectivity index (χ1v) is 10.5. The summed E-state index contributed by atoms with van der Waals surface area (Å²) in [7, 11) is 0. The lowest BCUT2D eigenvalue weighted by atomic mass is 10.1. The monoisotopic (exact) mass is 453 g/mol. The van der Waals surface area contributed by atoms with E-state index < -0.39 is 0 Å². The van der Waals surface area contributed by atoms with E-state index in [0.29, 0.717) is 35.2 Å². The van der Waals surface area contributed by atoms with Crippen molar-refractivity contribution in [1.29, 1.82) is 0 Å². The Kier molecular flexibility index (Phi) is 5.76. The van der Waals surface area contributed by atoms with Crippen molar-refractivity contribution in [2.45, 2.75) is 13.1 Å². The predicted molar refractivity (Wildman–Crippen MR) is 122 cm³/mol. The molecule has 2 aromatic heterocycles. The predicted octanol–water partition coefficient (Wildman–Crippen LogP) is 2.66. The number of hydrogen-bond acceptors (Lipinski definition) is 7. The van der Waals surface area contributed by atoms with Crippen molar-refractivity contribution in [3.8, 4) is 5.69 Å². The van der Waals surface area contributed by atoms with Gasteiger partial charge in [-0.2, -0.15) is 0 Å². The minimum absolute atomic E-state index is 0.164. The molecular weight excluding hydrogens is 434 g/mol. The van der Waals surface area contributed by atoms with Crippen molar-refractivity contribution in [1.82, 2.24) is 35.7 Å². The molecule has 2 heterocycles. The van der Waals surface area contributed by atoms with Crippen LogP contribution in [0.3, 0.4) is 0 Å². The number of amides is 2. The Hall–Kier alpha value is -4.86. The van der Waals surface area contributed by atoms with Crippen LogP contribution < -0.4 is 10.6 Å². The minimum atomic E-state index is -0.257. The number of carbonyl (C=O) groups is 2. The molecule has 34 heavy (non-hydrogen) atoms. The molecule has 5 aromatic rings. The topological polar surface area (TPSA) is 128 Å². The van der Waals surface area contributed by atoms with Gasteiger partial charge in [0.25, 0.3) is 11.8 Å². The summed E-state index contributed by atoms with van der Waals surface area (Å²) in [6.07, 6.45) is 3.19. The maximum absolute atomic E-state index is 12.5. The second-order valence-electron chi connectivity index (χ2n) is 7.54. The highest BCUT2D eigenvalue weighted by atomic mass is 16.6. The highest BCUT2D eigenvalue weighted by Crippen LogP contribution is 2.15. The van der Waals surface area contributed by atoms with Gasteiger partial charge in [-0.1, -0.05) is 30.3 Å². The van der Waals surface area contributed by atoms with Gasteiger partial charge < -0.3 is 10.6 Å². The minimum Gasteiger partial charge on any atom is -0.348 e. The van der Waals surface area contributed by atoms with E-state index in [0.717, 1.165) is 16.8 Å². The summed E-state index contributed by atoms with van der Waals surface area (Å²) in [6, 6.07) is 20.0. The molecule has 10 heteroatoms. The lowest BCUT2D eigenvalue weighted by Gasteiger charge is -2.09. The number of benzene rings is 3. The van der Waals surface area contributed by atoms with Gasteiger partial charge >= 0.3 is 0 Å². The summed E-state index contributed by atoms with van der Waals surface area (Å²) < 4.78 is 6.47. The van der Waals surface area contributed by atoms with Crippen LogP contribution in [0.2, 0.25) is 0 Å². The van der Waals surface area contributed by atoms with Gasteiger partial charge in [0, 0.05) is 24.3 Å². The molecule has 0 aliphatic rings. The molecule has 2 amide bonds. The van der Waals surface area contributed by atoms with E-state index in [2.05, 4.69) is 31.1 Å². The van der Waals surface area contributed by atoms with Crippen LogP contribution in [0.1, 0.15) is 31.8 Å². The Morgan fingerprint density at radius 1 is 0.765 bits per heavy atom. The average molecular weight is 453 g/mol. The molecular formula is C24H19N7O3. The van der Waals surface area contributed by atoms with Crippen LogP contribution in [0.4, 0.5) is 0 Å². The largest absolute Gasteiger partial charge is 0.348 e. The molecule has 0 saturated carbocycles. The molecule has 0 saturated heterocycles. The third kappa shape index (κ3) is 4.51. The number of nitrogens with one attached hydrogen (secondary N) is 2. The summed E-state index contributed by atoms with van der Waals surface area (Å²) in [5.74, 6) is -0.420. The van der Waals surface area contributed by atoms with Crippen LogP contribution >= 0.6 is 0 Å². The van der Waals surface area contributed by atoms with Crippen molar-refractivity contribution in [2.75, 3.05) is 0 Å². The molecule has 0 radical (unpaired) electrons. The van der Waals surface area contributed by atoms with Gasteiger partial charge in [-0.15, -0.1) is 10.2 Å². The fourth-order valence-electron chi connectivity index (χ4n) is 3.45. The molecule has 0 fully saturated rings. The van der Waals surface area contributed by atoms with E-state index in [9.17, 15) is 9.59 Å². The summed E-state index contributed by atoms with van der Waals surface area (Å²) in [4.78, 5) is 25.0. The zero-order valence-electron chi connectivity index (χ0n) is 17.9. The summed E-state index contributed by atoms with van der Waals surface area (Å²) in [5.41, 5.74) is 4.69. The van der Waals surface area contributed by atoms with Gasteiger partial charge in [0.2, 0.25) is 0 Å². The molecule has 0 aliphatic heterocycles. The smallest absolute Gasteiger partial charge is 0.253 e. The highest BCUT2D eigenvalue weighted by Gasteiger charge is 2.13. The Balaban J connectivity index is 1.13. The molecule has 5 rings (SSSR count). The zero-order chi connectivity index (χ0) is 23.3. The maximum atomic E-state index is 12.5. The van der Waals surface area contributed by atoms with E-state index >= 15 is 0 Å². The molecule has 10 nitrogen and oxygen atoms in total. The summed E-state index contributed by atoms with van der Waals surface area (Å²) >= 11 is 0. The Morgan fingerprint density at radius 3 is 2.09 bits per heavy atom.